The van der Waals surface area contributed by atoms with Crippen LogP contribution >= 0.6 is 47.0 Å². The predicted octanol–water partition coefficient (Wildman–Crippen LogP) is 5.58. The third-order valence-electron chi connectivity index (χ3n) is 2.90. The first kappa shape index (κ1) is 22.1. The lowest BCUT2D eigenvalue weighted by molar-refractivity contribution is 0.0516. The maximum atomic E-state index is 12.0. The van der Waals surface area contributed by atoms with Crippen LogP contribution in [0.2, 0.25) is 15.1 Å². The SMILES string of the molecule is CCCC(NC(=O)OC(C)(C)C)C(=S)NNc1c(Cl)cc(Cl)cc1Cl. The lowest BCUT2D eigenvalue weighted by Gasteiger charge is -2.25. The molecule has 1 rings (SSSR count). The number of rotatable bonds is 6. The normalized spacial score (nSPS) is 12.3. The zero-order valence-electron chi connectivity index (χ0n) is 14.5. The molecule has 1 amide bonds. The van der Waals surface area contributed by atoms with E-state index in [0.717, 1.165) is 6.42 Å². The minimum Gasteiger partial charge on any atom is -0.444 e. The first-order valence-corrected chi connectivity index (χ1v) is 9.27. The zero-order chi connectivity index (χ0) is 19.2. The Balaban J connectivity index is 2.72. The molecule has 0 aromatic heterocycles. The van der Waals surface area contributed by atoms with E-state index in [9.17, 15) is 4.79 Å². The Hall–Kier alpha value is -0.950. The molecule has 0 heterocycles. The molecule has 0 aliphatic rings. The largest absolute Gasteiger partial charge is 0.444 e. The van der Waals surface area contributed by atoms with E-state index < -0.39 is 17.7 Å². The molecule has 0 fully saturated rings. The molecule has 140 valence electrons. The summed E-state index contributed by atoms with van der Waals surface area (Å²) in [4.78, 5) is 12.4. The van der Waals surface area contributed by atoms with Crippen LogP contribution in [0.3, 0.4) is 0 Å². The van der Waals surface area contributed by atoms with Gasteiger partial charge in [0.05, 0.1) is 21.8 Å². The Morgan fingerprint density at radius 2 is 1.80 bits per heavy atom. The Morgan fingerprint density at radius 3 is 2.28 bits per heavy atom. The van der Waals surface area contributed by atoms with Crippen LogP contribution in [-0.2, 0) is 4.74 Å². The van der Waals surface area contributed by atoms with E-state index in [2.05, 4.69) is 16.2 Å². The molecule has 0 aliphatic carbocycles. The highest BCUT2D eigenvalue weighted by Crippen LogP contribution is 2.33. The number of hydrogen-bond acceptors (Lipinski definition) is 4. The van der Waals surface area contributed by atoms with Crippen molar-refractivity contribution in [1.82, 2.24) is 10.7 Å². The number of benzene rings is 1. The van der Waals surface area contributed by atoms with Crippen molar-refractivity contribution < 1.29 is 9.53 Å². The lowest BCUT2D eigenvalue weighted by atomic mass is 10.1. The lowest BCUT2D eigenvalue weighted by Crippen LogP contribution is -2.48. The number of thiocarbonyl (C=S) groups is 1. The standard InChI is InChI=1S/C16H22Cl3N3O2S/c1-5-6-12(20-15(23)24-16(2,3)4)14(25)22-21-13-10(18)7-9(17)8-11(13)19/h7-8,12,21H,5-6H2,1-4H3,(H,20,23)(H,22,25). The summed E-state index contributed by atoms with van der Waals surface area (Å²) in [5, 5.41) is 3.88. The van der Waals surface area contributed by atoms with Gasteiger partial charge in [0, 0.05) is 5.02 Å². The van der Waals surface area contributed by atoms with E-state index in [0.29, 0.717) is 32.2 Å². The minimum atomic E-state index is -0.585. The highest BCUT2D eigenvalue weighted by atomic mass is 35.5. The second kappa shape index (κ2) is 9.67. The van der Waals surface area contributed by atoms with Crippen LogP contribution < -0.4 is 16.2 Å². The maximum absolute atomic E-state index is 12.0. The molecule has 0 saturated heterocycles. The number of anilines is 1. The Bertz CT molecular complexity index is 613. The Labute approximate surface area is 168 Å². The molecule has 25 heavy (non-hydrogen) atoms. The van der Waals surface area contributed by atoms with Gasteiger partial charge in [-0.1, -0.05) is 60.4 Å². The van der Waals surface area contributed by atoms with Crippen LogP contribution in [0, 0.1) is 0 Å². The molecule has 0 aliphatic heterocycles. The van der Waals surface area contributed by atoms with Gasteiger partial charge >= 0.3 is 6.09 Å². The molecule has 5 nitrogen and oxygen atoms in total. The van der Waals surface area contributed by atoms with Gasteiger partial charge in [-0.2, -0.15) is 0 Å². The van der Waals surface area contributed by atoms with Gasteiger partial charge in [0.15, 0.2) is 0 Å². The molecule has 1 atom stereocenters. The summed E-state index contributed by atoms with van der Waals surface area (Å²) in [6.45, 7) is 7.38. The first-order valence-electron chi connectivity index (χ1n) is 7.73. The number of hydrogen-bond donors (Lipinski definition) is 3. The molecule has 1 aromatic rings. The zero-order valence-corrected chi connectivity index (χ0v) is 17.6. The average molecular weight is 427 g/mol. The van der Waals surface area contributed by atoms with Crippen molar-refractivity contribution in [1.29, 1.82) is 0 Å². The van der Waals surface area contributed by atoms with Gasteiger partial charge in [0.1, 0.15) is 10.6 Å². The fraction of sp³-hybridized carbons (Fsp3) is 0.500. The highest BCUT2D eigenvalue weighted by Gasteiger charge is 2.22. The van der Waals surface area contributed by atoms with Crippen LogP contribution in [0.5, 0.6) is 0 Å². The summed E-state index contributed by atoms with van der Waals surface area (Å²) in [5.41, 5.74) is 5.58. The van der Waals surface area contributed by atoms with Crippen molar-refractivity contribution in [2.24, 2.45) is 0 Å². The van der Waals surface area contributed by atoms with Gasteiger partial charge in [0.25, 0.3) is 0 Å². The second-order valence-corrected chi connectivity index (χ2v) is 8.04. The second-order valence-electron chi connectivity index (χ2n) is 6.35. The number of nitrogens with one attached hydrogen (secondary N) is 3. The number of alkyl carbamates (subject to hydrolysis) is 1. The smallest absolute Gasteiger partial charge is 0.408 e. The summed E-state index contributed by atoms with van der Waals surface area (Å²) < 4.78 is 5.26. The van der Waals surface area contributed by atoms with Crippen molar-refractivity contribution in [3.63, 3.8) is 0 Å². The number of amides is 1. The van der Waals surface area contributed by atoms with E-state index in [1.54, 1.807) is 32.9 Å². The Morgan fingerprint density at radius 1 is 1.24 bits per heavy atom. The molecular weight excluding hydrogens is 405 g/mol. The van der Waals surface area contributed by atoms with E-state index >= 15 is 0 Å². The van der Waals surface area contributed by atoms with Gasteiger partial charge in [0.2, 0.25) is 0 Å². The molecule has 0 spiro atoms. The van der Waals surface area contributed by atoms with E-state index in [4.69, 9.17) is 51.8 Å². The van der Waals surface area contributed by atoms with E-state index in [1.807, 2.05) is 6.92 Å². The van der Waals surface area contributed by atoms with Gasteiger partial charge in [-0.3, -0.25) is 10.9 Å². The summed E-state index contributed by atoms with van der Waals surface area (Å²) in [7, 11) is 0. The third-order valence-corrected chi connectivity index (χ3v) is 4.10. The maximum Gasteiger partial charge on any atom is 0.408 e. The van der Waals surface area contributed by atoms with Gasteiger partial charge < -0.3 is 10.1 Å². The van der Waals surface area contributed by atoms with Crippen LogP contribution in [0.1, 0.15) is 40.5 Å². The van der Waals surface area contributed by atoms with Crippen molar-refractivity contribution in [3.8, 4) is 0 Å². The van der Waals surface area contributed by atoms with Crippen molar-refractivity contribution >= 4 is 63.8 Å². The molecule has 3 N–H and O–H groups in total. The average Bonchev–Trinajstić information content (AvgIpc) is 2.43. The van der Waals surface area contributed by atoms with Gasteiger partial charge in [-0.25, -0.2) is 4.79 Å². The number of hydrazine groups is 1. The van der Waals surface area contributed by atoms with Gasteiger partial charge in [-0.05, 0) is 39.3 Å². The summed E-state index contributed by atoms with van der Waals surface area (Å²) in [6, 6.07) is 2.72. The Kier molecular flexibility index (Phi) is 8.54. The molecule has 0 saturated carbocycles. The topological polar surface area (TPSA) is 62.4 Å². The van der Waals surface area contributed by atoms with E-state index in [-0.39, 0.29) is 0 Å². The highest BCUT2D eigenvalue weighted by molar-refractivity contribution is 7.80. The fourth-order valence-corrected chi connectivity index (χ4v) is 3.02. The van der Waals surface area contributed by atoms with Crippen molar-refractivity contribution in [3.05, 3.63) is 27.2 Å². The number of carbonyl (C=O) groups excluding carboxylic acids is 1. The third kappa shape index (κ3) is 7.86. The van der Waals surface area contributed by atoms with E-state index in [1.165, 1.54) is 0 Å². The molecule has 1 unspecified atom stereocenters. The van der Waals surface area contributed by atoms with Crippen molar-refractivity contribution in [2.45, 2.75) is 52.2 Å². The number of ether oxygens (including phenoxy) is 1. The minimum absolute atomic E-state index is 0.347. The number of halogens is 3. The number of carbonyl (C=O) groups is 1. The van der Waals surface area contributed by atoms with Gasteiger partial charge in [-0.15, -0.1) is 0 Å². The fourth-order valence-electron chi connectivity index (χ4n) is 1.88. The monoisotopic (exact) mass is 425 g/mol. The first-order chi connectivity index (χ1) is 11.5. The quantitative estimate of drug-likeness (QED) is 0.409. The van der Waals surface area contributed by atoms with Crippen LogP contribution in [-0.4, -0.2) is 22.7 Å². The summed E-state index contributed by atoms with van der Waals surface area (Å²) in [5.74, 6) is 0. The van der Waals surface area contributed by atoms with Crippen LogP contribution in [0.4, 0.5) is 10.5 Å². The molecule has 0 radical (unpaired) electrons. The van der Waals surface area contributed by atoms with Crippen LogP contribution in [0.15, 0.2) is 12.1 Å². The summed E-state index contributed by atoms with van der Waals surface area (Å²) in [6.07, 6.45) is 0.942. The van der Waals surface area contributed by atoms with Crippen molar-refractivity contribution in [2.75, 3.05) is 5.43 Å². The molecule has 1 aromatic carbocycles. The molecule has 9 heteroatoms. The molecular formula is C16H22Cl3N3O2S. The predicted molar refractivity (Wildman–Crippen MR) is 109 cm³/mol. The summed E-state index contributed by atoms with van der Waals surface area (Å²) >= 11 is 23.5. The molecule has 0 bridgehead atoms. The van der Waals surface area contributed by atoms with Crippen LogP contribution in [0.25, 0.3) is 0 Å².